The summed E-state index contributed by atoms with van der Waals surface area (Å²) in [6, 6.07) is -1.34. The van der Waals surface area contributed by atoms with E-state index in [0.717, 1.165) is 4.90 Å². The van der Waals surface area contributed by atoms with Gasteiger partial charge in [0.1, 0.15) is 6.61 Å². The number of alkyl halides is 3. The van der Waals surface area contributed by atoms with Gasteiger partial charge in [0.15, 0.2) is 23.4 Å². The molecule has 0 radical (unpaired) electrons. The van der Waals surface area contributed by atoms with Gasteiger partial charge in [-0.25, -0.2) is 4.39 Å². The maximum absolute atomic E-state index is 13.6. The molecule has 2 heterocycles. The first-order valence-corrected chi connectivity index (χ1v) is 5.82. The predicted octanol–water partition coefficient (Wildman–Crippen LogP) is 2.68. The van der Waals surface area contributed by atoms with Crippen LogP contribution in [0.25, 0.3) is 0 Å². The van der Waals surface area contributed by atoms with E-state index >= 15 is 0 Å². The van der Waals surface area contributed by atoms with E-state index in [-0.39, 0.29) is 24.2 Å². The minimum Gasteiger partial charge on any atom is -0.486 e. The molecule has 0 saturated heterocycles. The van der Waals surface area contributed by atoms with Gasteiger partial charge in [0.2, 0.25) is 5.82 Å². The van der Waals surface area contributed by atoms with Crippen LogP contribution in [0.15, 0.2) is 6.07 Å². The van der Waals surface area contributed by atoms with E-state index in [9.17, 15) is 26.7 Å². The van der Waals surface area contributed by atoms with Crippen molar-refractivity contribution in [3.63, 3.8) is 0 Å². The number of hydrogen-bond donors (Lipinski definition) is 0. The highest BCUT2D eigenvalue weighted by Gasteiger charge is 2.50. The SMILES string of the molecule is O=C1CCN2c3c1cc(F)c(F)c3OCC2C(F)(F)F. The molecule has 1 atom stereocenters. The number of ketones is 1. The van der Waals surface area contributed by atoms with Crippen molar-refractivity contribution in [3.05, 3.63) is 23.3 Å². The summed E-state index contributed by atoms with van der Waals surface area (Å²) >= 11 is 0. The summed E-state index contributed by atoms with van der Waals surface area (Å²) < 4.78 is 70.5. The largest absolute Gasteiger partial charge is 0.486 e. The first-order chi connectivity index (χ1) is 9.30. The van der Waals surface area contributed by atoms with Crippen molar-refractivity contribution < 1.29 is 31.5 Å². The van der Waals surface area contributed by atoms with Crippen molar-refractivity contribution >= 4 is 11.5 Å². The van der Waals surface area contributed by atoms with Crippen LogP contribution in [-0.4, -0.2) is 31.2 Å². The maximum Gasteiger partial charge on any atom is 0.412 e. The molecule has 0 saturated carbocycles. The molecule has 0 amide bonds. The molecular weight excluding hydrogens is 285 g/mol. The summed E-state index contributed by atoms with van der Waals surface area (Å²) in [4.78, 5) is 12.6. The topological polar surface area (TPSA) is 29.5 Å². The maximum atomic E-state index is 13.6. The van der Waals surface area contributed by atoms with E-state index in [0.29, 0.717) is 6.07 Å². The number of hydrogen-bond acceptors (Lipinski definition) is 3. The second kappa shape index (κ2) is 4.07. The quantitative estimate of drug-likeness (QED) is 0.689. The molecule has 2 aliphatic heterocycles. The minimum absolute atomic E-state index is 0.176. The van der Waals surface area contributed by atoms with Gasteiger partial charge in [-0.1, -0.05) is 0 Å². The van der Waals surface area contributed by atoms with Gasteiger partial charge < -0.3 is 9.64 Å². The molecular formula is C12H8F5NO2. The molecule has 0 N–H and O–H groups in total. The number of carbonyl (C=O) groups is 1. The van der Waals surface area contributed by atoms with Gasteiger partial charge in [0.05, 0.1) is 5.69 Å². The highest BCUT2D eigenvalue weighted by molar-refractivity contribution is 6.05. The first kappa shape index (κ1) is 13.1. The standard InChI is InChI=1S/C12H8F5NO2/c13-6-3-5-7(19)1-2-18-8(12(15,16)17)4-20-11(9(6)14)10(5)18/h3,8H,1-2,4H2. The normalized spacial score (nSPS) is 21.6. The molecule has 8 heteroatoms. The number of ether oxygens (including phenoxy) is 1. The Morgan fingerprint density at radius 1 is 1.30 bits per heavy atom. The molecule has 3 nitrogen and oxygen atoms in total. The molecule has 0 aliphatic carbocycles. The van der Waals surface area contributed by atoms with Crippen molar-refractivity contribution in [2.75, 3.05) is 18.1 Å². The van der Waals surface area contributed by atoms with Crippen LogP contribution in [0.5, 0.6) is 5.75 Å². The Balaban J connectivity index is 2.21. The zero-order valence-electron chi connectivity index (χ0n) is 9.93. The van der Waals surface area contributed by atoms with Crippen LogP contribution in [-0.2, 0) is 0 Å². The molecule has 0 bridgehead atoms. The van der Waals surface area contributed by atoms with Crippen LogP contribution in [0.4, 0.5) is 27.6 Å². The third-order valence-corrected chi connectivity index (χ3v) is 3.46. The van der Waals surface area contributed by atoms with E-state index in [1.165, 1.54) is 0 Å². The smallest absolute Gasteiger partial charge is 0.412 e. The third-order valence-electron chi connectivity index (χ3n) is 3.46. The second-order valence-corrected chi connectivity index (χ2v) is 4.63. The minimum atomic E-state index is -4.58. The molecule has 2 aliphatic rings. The summed E-state index contributed by atoms with van der Waals surface area (Å²) in [5, 5.41) is 0. The fourth-order valence-corrected chi connectivity index (χ4v) is 2.53. The number of carbonyl (C=O) groups excluding carboxylic acids is 1. The van der Waals surface area contributed by atoms with Crippen LogP contribution < -0.4 is 9.64 Å². The van der Waals surface area contributed by atoms with Gasteiger partial charge in [-0.3, -0.25) is 4.79 Å². The number of benzene rings is 1. The van der Waals surface area contributed by atoms with Gasteiger partial charge in [-0.15, -0.1) is 0 Å². The van der Waals surface area contributed by atoms with Gasteiger partial charge in [-0.05, 0) is 6.07 Å². The highest BCUT2D eigenvalue weighted by atomic mass is 19.4. The van der Waals surface area contributed by atoms with Gasteiger partial charge in [-0.2, -0.15) is 17.6 Å². The number of Topliss-reactive ketones (excluding diaryl/α,β-unsaturated/α-hetero) is 1. The average molecular weight is 293 g/mol. The van der Waals surface area contributed by atoms with Gasteiger partial charge >= 0.3 is 6.18 Å². The Morgan fingerprint density at radius 2 is 2.00 bits per heavy atom. The monoisotopic (exact) mass is 293 g/mol. The Bertz CT molecular complexity index is 598. The molecule has 0 fully saturated rings. The molecule has 108 valence electrons. The molecule has 0 aromatic heterocycles. The Kier molecular flexibility index (Phi) is 2.67. The fourth-order valence-electron chi connectivity index (χ4n) is 2.53. The molecule has 3 rings (SSSR count). The van der Waals surface area contributed by atoms with E-state index in [1.54, 1.807) is 0 Å². The van der Waals surface area contributed by atoms with Crippen molar-refractivity contribution in [2.24, 2.45) is 0 Å². The molecule has 20 heavy (non-hydrogen) atoms. The fraction of sp³-hybridized carbons (Fsp3) is 0.417. The van der Waals surface area contributed by atoms with Crippen molar-refractivity contribution in [1.29, 1.82) is 0 Å². The first-order valence-electron chi connectivity index (χ1n) is 5.82. The van der Waals surface area contributed by atoms with Crippen LogP contribution in [0, 0.1) is 11.6 Å². The van der Waals surface area contributed by atoms with Gasteiger partial charge in [0, 0.05) is 18.5 Å². The molecule has 0 spiro atoms. The average Bonchev–Trinajstić information content (AvgIpc) is 2.37. The summed E-state index contributed by atoms with van der Waals surface area (Å²) in [5.74, 6) is -3.82. The van der Waals surface area contributed by atoms with E-state index < -0.39 is 42.0 Å². The lowest BCUT2D eigenvalue weighted by Gasteiger charge is -2.42. The molecule has 1 aromatic carbocycles. The summed E-state index contributed by atoms with van der Waals surface area (Å²) in [6.07, 6.45) is -4.76. The summed E-state index contributed by atoms with van der Waals surface area (Å²) in [7, 11) is 0. The lowest BCUT2D eigenvalue weighted by Crippen LogP contribution is -2.54. The Morgan fingerprint density at radius 3 is 2.65 bits per heavy atom. The zero-order chi connectivity index (χ0) is 14.7. The van der Waals surface area contributed by atoms with Crippen LogP contribution >= 0.6 is 0 Å². The number of nitrogens with zero attached hydrogens (tertiary/aromatic N) is 1. The lowest BCUT2D eigenvalue weighted by molar-refractivity contribution is -0.157. The Hall–Kier alpha value is -1.86. The summed E-state index contributed by atoms with van der Waals surface area (Å²) in [5.41, 5.74) is -0.562. The lowest BCUT2D eigenvalue weighted by atomic mass is 9.96. The van der Waals surface area contributed by atoms with Crippen molar-refractivity contribution in [1.82, 2.24) is 0 Å². The number of anilines is 1. The van der Waals surface area contributed by atoms with E-state index in [2.05, 4.69) is 0 Å². The van der Waals surface area contributed by atoms with Crippen molar-refractivity contribution in [2.45, 2.75) is 18.6 Å². The van der Waals surface area contributed by atoms with Crippen LogP contribution in [0.3, 0.4) is 0 Å². The predicted molar refractivity (Wildman–Crippen MR) is 58.0 cm³/mol. The van der Waals surface area contributed by atoms with E-state index in [1.807, 2.05) is 0 Å². The Labute approximate surface area is 109 Å². The molecule has 1 unspecified atom stereocenters. The van der Waals surface area contributed by atoms with E-state index in [4.69, 9.17) is 4.74 Å². The van der Waals surface area contributed by atoms with Gasteiger partial charge in [0.25, 0.3) is 0 Å². The van der Waals surface area contributed by atoms with Crippen LogP contribution in [0.2, 0.25) is 0 Å². The number of halogens is 5. The summed E-state index contributed by atoms with van der Waals surface area (Å²) in [6.45, 7) is -1.03. The second-order valence-electron chi connectivity index (χ2n) is 4.63. The third kappa shape index (κ3) is 1.74. The van der Waals surface area contributed by atoms with Crippen LogP contribution in [0.1, 0.15) is 16.8 Å². The number of rotatable bonds is 0. The highest BCUT2D eigenvalue weighted by Crippen LogP contribution is 2.45. The van der Waals surface area contributed by atoms with Crippen molar-refractivity contribution in [3.8, 4) is 5.75 Å². The molecule has 1 aromatic rings. The zero-order valence-corrected chi connectivity index (χ0v) is 9.93.